The van der Waals surface area contributed by atoms with Crippen LogP contribution in [0.15, 0.2) is 22.7 Å². The molecule has 0 spiro atoms. The summed E-state index contributed by atoms with van der Waals surface area (Å²) < 4.78 is 5.46. The van der Waals surface area contributed by atoms with Gasteiger partial charge in [0.05, 0.1) is 0 Å². The van der Waals surface area contributed by atoms with Gasteiger partial charge in [-0.2, -0.15) is 0 Å². The topological polar surface area (TPSA) is 26.3 Å². The molecule has 3 fully saturated rings. The van der Waals surface area contributed by atoms with E-state index in [2.05, 4.69) is 41.3 Å². The first-order chi connectivity index (χ1) is 10.5. The smallest absolute Gasteiger partial charge is 0.333 e. The van der Waals surface area contributed by atoms with E-state index in [0.29, 0.717) is 16.9 Å². The van der Waals surface area contributed by atoms with Crippen LogP contribution in [0.5, 0.6) is 0 Å². The Bertz CT molecular complexity index is 494. The van der Waals surface area contributed by atoms with Gasteiger partial charge < -0.3 is 4.74 Å². The second-order valence-electron chi connectivity index (χ2n) is 7.83. The zero-order valence-corrected chi connectivity index (χ0v) is 15.3. The first-order valence-electron chi connectivity index (χ1n) is 8.63. The highest BCUT2D eigenvalue weighted by Gasteiger charge is 2.51. The van der Waals surface area contributed by atoms with Crippen LogP contribution in [-0.2, 0) is 9.53 Å². The van der Waals surface area contributed by atoms with E-state index in [-0.39, 0.29) is 12.1 Å². The van der Waals surface area contributed by atoms with Crippen LogP contribution < -0.4 is 0 Å². The molecule has 3 heteroatoms. The third-order valence-electron chi connectivity index (χ3n) is 6.54. The maximum Gasteiger partial charge on any atom is 0.333 e. The number of fused-ring (bicyclic) bond motifs is 1. The van der Waals surface area contributed by atoms with Crippen LogP contribution in [0.25, 0.3) is 0 Å². The van der Waals surface area contributed by atoms with Gasteiger partial charge in [-0.1, -0.05) is 41.9 Å². The Hall–Kier alpha value is -0.570. The SMILES string of the molecule is C=C1C[C@H](C[C@@H](C)[C@H]2CCC3/C(=C/Br)CCC[C@@]32C)OC1=O. The molecule has 1 unspecified atom stereocenters. The molecule has 1 heterocycles. The molecule has 0 radical (unpaired) electrons. The van der Waals surface area contributed by atoms with Gasteiger partial charge in [-0.3, -0.25) is 0 Å². The van der Waals surface area contributed by atoms with Crippen LogP contribution in [0.1, 0.15) is 58.8 Å². The molecule has 1 aliphatic heterocycles. The van der Waals surface area contributed by atoms with Crippen molar-refractivity contribution in [1.82, 2.24) is 0 Å². The highest BCUT2D eigenvalue weighted by atomic mass is 79.9. The van der Waals surface area contributed by atoms with E-state index in [4.69, 9.17) is 4.74 Å². The zero-order chi connectivity index (χ0) is 15.9. The van der Waals surface area contributed by atoms with Gasteiger partial charge in [0.15, 0.2) is 0 Å². The summed E-state index contributed by atoms with van der Waals surface area (Å²) in [5.41, 5.74) is 2.69. The number of allylic oxidation sites excluding steroid dienone is 1. The molecule has 0 bridgehead atoms. The fourth-order valence-electron chi connectivity index (χ4n) is 5.49. The van der Waals surface area contributed by atoms with Crippen LogP contribution in [0.2, 0.25) is 0 Å². The molecule has 3 rings (SSSR count). The Morgan fingerprint density at radius 1 is 1.50 bits per heavy atom. The third-order valence-corrected chi connectivity index (χ3v) is 7.12. The average Bonchev–Trinajstić information content (AvgIpc) is 2.98. The lowest BCUT2D eigenvalue weighted by atomic mass is 9.61. The molecule has 0 N–H and O–H groups in total. The average molecular weight is 367 g/mol. The van der Waals surface area contributed by atoms with Crippen molar-refractivity contribution in [1.29, 1.82) is 0 Å². The Morgan fingerprint density at radius 3 is 2.91 bits per heavy atom. The minimum absolute atomic E-state index is 0.0624. The molecular formula is C19H27BrO2. The van der Waals surface area contributed by atoms with Crippen molar-refractivity contribution in [3.8, 4) is 0 Å². The number of esters is 1. The van der Waals surface area contributed by atoms with Gasteiger partial charge in [0, 0.05) is 12.0 Å². The zero-order valence-electron chi connectivity index (χ0n) is 13.7. The van der Waals surface area contributed by atoms with E-state index in [1.807, 2.05) is 0 Å². The molecule has 2 aliphatic carbocycles. The van der Waals surface area contributed by atoms with Gasteiger partial charge >= 0.3 is 5.97 Å². The molecule has 0 aromatic carbocycles. The quantitative estimate of drug-likeness (QED) is 0.495. The van der Waals surface area contributed by atoms with Gasteiger partial charge in [0.2, 0.25) is 0 Å². The summed E-state index contributed by atoms with van der Waals surface area (Å²) in [5, 5.41) is 0. The Morgan fingerprint density at radius 2 is 2.27 bits per heavy atom. The summed E-state index contributed by atoms with van der Waals surface area (Å²) in [5.74, 6) is 1.91. The Balaban J connectivity index is 1.69. The van der Waals surface area contributed by atoms with Gasteiger partial charge in [0.1, 0.15) is 6.10 Å². The standard InChI is InChI=1S/C19H27BrO2/c1-12(9-15-10-13(2)18(21)22-15)16-6-7-17-14(11-20)5-4-8-19(16,17)3/h11-12,15-17H,2,4-10H2,1,3H3/b14-11+/t12-,15+,16-,17?,19-/m1/s1. The monoisotopic (exact) mass is 366 g/mol. The van der Waals surface area contributed by atoms with E-state index >= 15 is 0 Å². The minimum Gasteiger partial charge on any atom is -0.459 e. The van der Waals surface area contributed by atoms with Crippen LogP contribution in [0.3, 0.4) is 0 Å². The van der Waals surface area contributed by atoms with Gasteiger partial charge in [0.25, 0.3) is 0 Å². The van der Waals surface area contributed by atoms with Crippen LogP contribution in [0, 0.1) is 23.2 Å². The van der Waals surface area contributed by atoms with E-state index < -0.39 is 0 Å². The molecule has 2 saturated carbocycles. The summed E-state index contributed by atoms with van der Waals surface area (Å²) in [4.78, 5) is 13.7. The van der Waals surface area contributed by atoms with Gasteiger partial charge in [-0.05, 0) is 66.7 Å². The van der Waals surface area contributed by atoms with Crippen molar-refractivity contribution in [3.63, 3.8) is 0 Å². The number of carbonyl (C=O) groups is 1. The van der Waals surface area contributed by atoms with E-state index in [0.717, 1.165) is 24.7 Å². The summed E-state index contributed by atoms with van der Waals surface area (Å²) in [7, 11) is 0. The normalized spacial score (nSPS) is 41.6. The molecule has 122 valence electrons. The van der Waals surface area contributed by atoms with Crippen molar-refractivity contribution < 1.29 is 9.53 Å². The summed E-state index contributed by atoms with van der Waals surface area (Å²) in [6.45, 7) is 8.66. The van der Waals surface area contributed by atoms with Crippen molar-refractivity contribution >= 4 is 21.9 Å². The predicted molar refractivity (Wildman–Crippen MR) is 92.6 cm³/mol. The third kappa shape index (κ3) is 2.70. The second kappa shape index (κ2) is 6.14. The number of hydrogen-bond acceptors (Lipinski definition) is 2. The van der Waals surface area contributed by atoms with E-state index in [1.165, 1.54) is 32.1 Å². The molecule has 1 saturated heterocycles. The van der Waals surface area contributed by atoms with Crippen molar-refractivity contribution in [3.05, 3.63) is 22.7 Å². The fraction of sp³-hybridized carbons (Fsp3) is 0.737. The molecule has 0 aromatic heterocycles. The highest BCUT2D eigenvalue weighted by molar-refractivity contribution is 9.11. The minimum atomic E-state index is -0.185. The first-order valence-corrected chi connectivity index (χ1v) is 9.55. The van der Waals surface area contributed by atoms with Gasteiger partial charge in [-0.15, -0.1) is 0 Å². The number of cyclic esters (lactones) is 1. The molecule has 0 aromatic rings. The Kier molecular flexibility index (Phi) is 4.55. The van der Waals surface area contributed by atoms with E-state index in [9.17, 15) is 4.79 Å². The first kappa shape index (κ1) is 16.3. The predicted octanol–water partition coefficient (Wildman–Crippen LogP) is 5.38. The van der Waals surface area contributed by atoms with Crippen LogP contribution in [0.4, 0.5) is 0 Å². The molecule has 5 atom stereocenters. The molecular weight excluding hydrogens is 340 g/mol. The fourth-order valence-corrected chi connectivity index (χ4v) is 6.04. The van der Waals surface area contributed by atoms with Crippen LogP contribution >= 0.6 is 15.9 Å². The number of hydrogen-bond donors (Lipinski definition) is 0. The molecule has 22 heavy (non-hydrogen) atoms. The lowest BCUT2D eigenvalue weighted by Gasteiger charge is -2.44. The van der Waals surface area contributed by atoms with E-state index in [1.54, 1.807) is 5.57 Å². The number of ether oxygens (including phenoxy) is 1. The van der Waals surface area contributed by atoms with Gasteiger partial charge in [-0.25, -0.2) is 4.79 Å². The Labute approximate surface area is 142 Å². The van der Waals surface area contributed by atoms with Crippen molar-refractivity contribution in [2.45, 2.75) is 64.9 Å². The maximum absolute atomic E-state index is 11.5. The number of rotatable bonds is 3. The summed E-state index contributed by atoms with van der Waals surface area (Å²) >= 11 is 3.58. The highest BCUT2D eigenvalue weighted by Crippen LogP contribution is 2.60. The largest absolute Gasteiger partial charge is 0.459 e. The van der Waals surface area contributed by atoms with Crippen molar-refractivity contribution in [2.75, 3.05) is 0 Å². The summed E-state index contributed by atoms with van der Waals surface area (Å²) in [6.07, 6.45) is 8.32. The number of carbonyl (C=O) groups excluding carboxylic acids is 1. The number of halogens is 1. The molecule has 0 amide bonds. The van der Waals surface area contributed by atoms with Crippen LogP contribution in [-0.4, -0.2) is 12.1 Å². The molecule has 2 nitrogen and oxygen atoms in total. The summed E-state index contributed by atoms with van der Waals surface area (Å²) in [6, 6.07) is 0. The maximum atomic E-state index is 11.5. The molecule has 3 aliphatic rings. The lowest BCUT2D eigenvalue weighted by Crippen LogP contribution is -2.36. The van der Waals surface area contributed by atoms with Crippen molar-refractivity contribution in [2.24, 2.45) is 23.2 Å². The second-order valence-corrected chi connectivity index (χ2v) is 8.29. The lowest BCUT2D eigenvalue weighted by molar-refractivity contribution is -0.139.